The molecule has 0 spiro atoms. The van der Waals surface area contributed by atoms with Crippen molar-refractivity contribution < 1.29 is 19.0 Å². The Bertz CT molecular complexity index is 1320. The fraction of sp³-hybridized carbons (Fsp3) is 0.185. The quantitative estimate of drug-likeness (QED) is 0.416. The van der Waals surface area contributed by atoms with Gasteiger partial charge >= 0.3 is 6.09 Å². The van der Waals surface area contributed by atoms with E-state index in [0.717, 1.165) is 22.0 Å². The summed E-state index contributed by atoms with van der Waals surface area (Å²) < 4.78 is 19.8. The zero-order chi connectivity index (χ0) is 23.5. The average Bonchev–Trinajstić information content (AvgIpc) is 3.30. The highest BCUT2D eigenvalue weighted by molar-refractivity contribution is 5.89. The summed E-state index contributed by atoms with van der Waals surface area (Å²) in [6.07, 6.45) is 1.33. The Kier molecular flexibility index (Phi) is 6.20. The number of carbonyl (C=O) groups is 1. The van der Waals surface area contributed by atoms with Crippen LogP contribution in [-0.2, 0) is 11.3 Å². The number of aromatic nitrogens is 1. The minimum absolute atomic E-state index is 0.0721. The second kappa shape index (κ2) is 9.59. The van der Waals surface area contributed by atoms with Crippen molar-refractivity contribution in [2.45, 2.75) is 12.6 Å². The van der Waals surface area contributed by atoms with Crippen LogP contribution in [0.4, 0.5) is 14.9 Å². The summed E-state index contributed by atoms with van der Waals surface area (Å²) >= 11 is 0. The van der Waals surface area contributed by atoms with Gasteiger partial charge in [-0.1, -0.05) is 42.5 Å². The summed E-state index contributed by atoms with van der Waals surface area (Å²) in [7, 11) is 0. The van der Waals surface area contributed by atoms with Crippen LogP contribution >= 0.6 is 0 Å². The van der Waals surface area contributed by atoms with Crippen molar-refractivity contribution in [3.8, 4) is 11.1 Å². The van der Waals surface area contributed by atoms with E-state index in [1.807, 2.05) is 54.6 Å². The number of pyridine rings is 1. The molecular formula is C27H24FN3O3. The van der Waals surface area contributed by atoms with E-state index in [1.165, 1.54) is 11.0 Å². The van der Waals surface area contributed by atoms with Crippen LogP contribution in [0.2, 0.25) is 0 Å². The molecule has 2 N–H and O–H groups in total. The molecule has 0 aliphatic carbocycles. The maximum absolute atomic E-state index is 14.8. The molecule has 1 fully saturated rings. The van der Waals surface area contributed by atoms with Gasteiger partial charge in [0.1, 0.15) is 12.4 Å². The van der Waals surface area contributed by atoms with E-state index < -0.39 is 11.9 Å². The van der Waals surface area contributed by atoms with Crippen LogP contribution in [0.15, 0.2) is 79.0 Å². The maximum Gasteiger partial charge on any atom is 0.414 e. The number of fused-ring (bicyclic) bond motifs is 1. The molecule has 34 heavy (non-hydrogen) atoms. The van der Waals surface area contributed by atoms with Gasteiger partial charge in [-0.3, -0.25) is 9.88 Å². The molecule has 1 amide bonds. The lowest BCUT2D eigenvalue weighted by molar-refractivity contribution is 0.181. The number of halogens is 1. The number of cyclic esters (lactones) is 1. The third-order valence-corrected chi connectivity index (χ3v) is 6.11. The molecular weight excluding hydrogens is 433 g/mol. The van der Waals surface area contributed by atoms with Crippen molar-refractivity contribution in [2.24, 2.45) is 0 Å². The number of benzene rings is 3. The van der Waals surface area contributed by atoms with Crippen molar-refractivity contribution in [1.29, 1.82) is 0 Å². The van der Waals surface area contributed by atoms with Crippen LogP contribution in [0.5, 0.6) is 0 Å². The predicted octanol–water partition coefficient (Wildman–Crippen LogP) is 4.82. The number of anilines is 1. The summed E-state index contributed by atoms with van der Waals surface area (Å²) in [6.45, 7) is 1.22. The molecule has 0 radical (unpaired) electrons. The molecule has 5 rings (SSSR count). The topological polar surface area (TPSA) is 74.7 Å². The summed E-state index contributed by atoms with van der Waals surface area (Å²) in [4.78, 5) is 17.5. The monoisotopic (exact) mass is 457 g/mol. The SMILES string of the molecule is O=C1OCCN1c1ccc(-c2ccc([C@H](CO)NCc3ccnc4ccccc34)cc2)c(F)c1. The van der Waals surface area contributed by atoms with Crippen LogP contribution in [0.25, 0.3) is 22.0 Å². The number of rotatable bonds is 7. The first-order chi connectivity index (χ1) is 16.6. The largest absolute Gasteiger partial charge is 0.447 e. The van der Waals surface area contributed by atoms with E-state index in [-0.39, 0.29) is 12.6 Å². The fourth-order valence-corrected chi connectivity index (χ4v) is 4.26. The molecule has 1 saturated heterocycles. The number of para-hydroxylation sites is 1. The van der Waals surface area contributed by atoms with Crippen LogP contribution in [0, 0.1) is 5.82 Å². The van der Waals surface area contributed by atoms with Crippen molar-refractivity contribution in [3.63, 3.8) is 0 Å². The Morgan fingerprint density at radius 1 is 1.09 bits per heavy atom. The number of nitrogens with zero attached hydrogens (tertiary/aromatic N) is 2. The minimum atomic E-state index is -0.459. The summed E-state index contributed by atoms with van der Waals surface area (Å²) in [5, 5.41) is 14.5. The van der Waals surface area contributed by atoms with Gasteiger partial charge in [0.2, 0.25) is 0 Å². The lowest BCUT2D eigenvalue weighted by Crippen LogP contribution is -2.24. The van der Waals surface area contributed by atoms with Gasteiger partial charge in [-0.05, 0) is 47.0 Å². The molecule has 0 unspecified atom stereocenters. The Hall–Kier alpha value is -3.81. The van der Waals surface area contributed by atoms with Crippen molar-refractivity contribution in [2.75, 3.05) is 24.7 Å². The Labute approximate surface area is 196 Å². The fourth-order valence-electron chi connectivity index (χ4n) is 4.26. The van der Waals surface area contributed by atoms with Crippen LogP contribution in [0.1, 0.15) is 17.2 Å². The molecule has 1 aliphatic heterocycles. The highest BCUT2D eigenvalue weighted by atomic mass is 19.1. The van der Waals surface area contributed by atoms with Crippen LogP contribution in [-0.4, -0.2) is 35.9 Å². The minimum Gasteiger partial charge on any atom is -0.447 e. The van der Waals surface area contributed by atoms with Gasteiger partial charge in [0.25, 0.3) is 0 Å². The number of nitrogens with one attached hydrogen (secondary N) is 1. The van der Waals surface area contributed by atoms with E-state index in [1.54, 1.807) is 18.3 Å². The van der Waals surface area contributed by atoms with Crippen LogP contribution in [0.3, 0.4) is 0 Å². The molecule has 2 heterocycles. The number of amides is 1. The smallest absolute Gasteiger partial charge is 0.414 e. The molecule has 6 nitrogen and oxygen atoms in total. The molecule has 3 aromatic carbocycles. The van der Waals surface area contributed by atoms with Gasteiger partial charge < -0.3 is 15.2 Å². The maximum atomic E-state index is 14.8. The Balaban J connectivity index is 1.31. The van der Waals surface area contributed by atoms with Crippen LogP contribution < -0.4 is 10.2 Å². The molecule has 1 atom stereocenters. The van der Waals surface area contributed by atoms with Crippen molar-refractivity contribution in [3.05, 3.63) is 95.9 Å². The van der Waals surface area contributed by atoms with E-state index >= 15 is 0 Å². The zero-order valence-electron chi connectivity index (χ0n) is 18.4. The summed E-state index contributed by atoms with van der Waals surface area (Å²) in [5.41, 5.74) is 4.58. The highest BCUT2D eigenvalue weighted by Crippen LogP contribution is 2.29. The van der Waals surface area contributed by atoms with Crippen molar-refractivity contribution in [1.82, 2.24) is 10.3 Å². The number of hydrogen-bond donors (Lipinski definition) is 2. The lowest BCUT2D eigenvalue weighted by Gasteiger charge is -2.18. The van der Waals surface area contributed by atoms with Gasteiger partial charge in [-0.2, -0.15) is 0 Å². The number of hydrogen-bond acceptors (Lipinski definition) is 5. The first-order valence-electron chi connectivity index (χ1n) is 11.1. The predicted molar refractivity (Wildman–Crippen MR) is 129 cm³/mol. The van der Waals surface area contributed by atoms with Gasteiger partial charge in [0, 0.05) is 23.7 Å². The summed E-state index contributed by atoms with van der Waals surface area (Å²) in [6, 6.07) is 21.9. The molecule has 0 bridgehead atoms. The van der Waals surface area contributed by atoms with E-state index in [2.05, 4.69) is 10.3 Å². The molecule has 1 aromatic heterocycles. The van der Waals surface area contributed by atoms with Gasteiger partial charge in [0.15, 0.2) is 0 Å². The third-order valence-electron chi connectivity index (χ3n) is 6.11. The number of ether oxygens (including phenoxy) is 1. The average molecular weight is 458 g/mol. The molecule has 0 saturated carbocycles. The highest BCUT2D eigenvalue weighted by Gasteiger charge is 2.24. The van der Waals surface area contributed by atoms with Gasteiger partial charge in [-0.15, -0.1) is 0 Å². The Morgan fingerprint density at radius 3 is 2.65 bits per heavy atom. The molecule has 7 heteroatoms. The second-order valence-corrected chi connectivity index (χ2v) is 8.16. The number of aliphatic hydroxyl groups excluding tert-OH is 1. The van der Waals surface area contributed by atoms with E-state index in [9.17, 15) is 14.3 Å². The molecule has 172 valence electrons. The van der Waals surface area contributed by atoms with E-state index in [4.69, 9.17) is 4.74 Å². The standard InChI is InChI=1S/C27H24FN3O3/c28-24-15-21(31-13-14-34-27(31)33)9-10-22(24)18-5-7-19(8-6-18)26(17-32)30-16-20-11-12-29-25-4-2-1-3-23(20)25/h1-12,15,26,30,32H,13-14,16-17H2/t26-/m0/s1. The second-order valence-electron chi connectivity index (χ2n) is 8.16. The number of carbonyl (C=O) groups excluding carboxylic acids is 1. The number of aliphatic hydroxyl groups is 1. The third kappa shape index (κ3) is 4.35. The zero-order valence-corrected chi connectivity index (χ0v) is 18.4. The van der Waals surface area contributed by atoms with E-state index in [0.29, 0.717) is 36.5 Å². The summed E-state index contributed by atoms with van der Waals surface area (Å²) in [5.74, 6) is -0.411. The van der Waals surface area contributed by atoms with Crippen molar-refractivity contribution >= 4 is 22.7 Å². The first kappa shape index (κ1) is 22.0. The lowest BCUT2D eigenvalue weighted by atomic mass is 10.00. The molecule has 1 aliphatic rings. The Morgan fingerprint density at radius 2 is 1.91 bits per heavy atom. The molecule has 4 aromatic rings. The van der Waals surface area contributed by atoms with Gasteiger partial charge in [-0.25, -0.2) is 9.18 Å². The normalized spacial score (nSPS) is 14.4. The van der Waals surface area contributed by atoms with Gasteiger partial charge in [0.05, 0.1) is 30.4 Å². The first-order valence-corrected chi connectivity index (χ1v) is 11.1.